The normalized spacial score (nSPS) is 18.4. The highest BCUT2D eigenvalue weighted by Gasteiger charge is 2.52. The summed E-state index contributed by atoms with van der Waals surface area (Å²) in [7, 11) is -0.519. The van der Waals surface area contributed by atoms with Gasteiger partial charge in [0, 0.05) is 10.5 Å². The average molecular weight is 363 g/mol. The van der Waals surface area contributed by atoms with Crippen molar-refractivity contribution in [3.8, 4) is 5.75 Å². The van der Waals surface area contributed by atoms with E-state index in [1.807, 2.05) is 45.9 Å². The zero-order valence-electron chi connectivity index (χ0n) is 14.8. The minimum Gasteiger partial charge on any atom is -0.489 e. The molecular weight excluding hydrogens is 341 g/mol. The van der Waals surface area contributed by atoms with Crippen LogP contribution in [0.4, 0.5) is 4.39 Å². The monoisotopic (exact) mass is 362 g/mol. The first-order valence-corrected chi connectivity index (χ1v) is 8.58. The number of halogens is 2. The Morgan fingerprint density at radius 2 is 1.72 bits per heavy atom. The van der Waals surface area contributed by atoms with Crippen LogP contribution in [0.1, 0.15) is 33.3 Å². The van der Waals surface area contributed by atoms with E-state index in [4.69, 9.17) is 25.6 Å². The fourth-order valence-electron chi connectivity index (χ4n) is 2.55. The highest BCUT2D eigenvalue weighted by molar-refractivity contribution is 6.65. The van der Waals surface area contributed by atoms with Crippen molar-refractivity contribution >= 4 is 24.2 Å². The van der Waals surface area contributed by atoms with Crippen LogP contribution >= 0.6 is 11.6 Å². The van der Waals surface area contributed by atoms with Crippen molar-refractivity contribution in [3.05, 3.63) is 58.9 Å². The van der Waals surface area contributed by atoms with Crippen LogP contribution in [-0.4, -0.2) is 18.3 Å². The van der Waals surface area contributed by atoms with Crippen LogP contribution in [0.3, 0.4) is 0 Å². The Morgan fingerprint density at radius 3 is 2.32 bits per heavy atom. The van der Waals surface area contributed by atoms with E-state index in [1.165, 1.54) is 12.1 Å². The van der Waals surface area contributed by atoms with Gasteiger partial charge in [0.1, 0.15) is 18.2 Å². The van der Waals surface area contributed by atoms with Gasteiger partial charge in [0.15, 0.2) is 0 Å². The summed E-state index contributed by atoms with van der Waals surface area (Å²) >= 11 is 6.40. The molecule has 2 aromatic carbocycles. The second-order valence-electron chi connectivity index (χ2n) is 7.19. The van der Waals surface area contributed by atoms with E-state index >= 15 is 0 Å². The lowest BCUT2D eigenvalue weighted by Crippen LogP contribution is -2.41. The number of ether oxygens (including phenoxy) is 1. The van der Waals surface area contributed by atoms with E-state index in [9.17, 15) is 4.39 Å². The van der Waals surface area contributed by atoms with Crippen molar-refractivity contribution in [2.24, 2.45) is 0 Å². The van der Waals surface area contributed by atoms with Gasteiger partial charge in [-0.3, -0.25) is 0 Å². The molecule has 1 fully saturated rings. The molecule has 0 spiro atoms. The van der Waals surface area contributed by atoms with E-state index in [0.717, 1.165) is 11.0 Å². The number of hydrogen-bond acceptors (Lipinski definition) is 3. The summed E-state index contributed by atoms with van der Waals surface area (Å²) in [6.07, 6.45) is 0. The van der Waals surface area contributed by atoms with E-state index in [0.29, 0.717) is 10.8 Å². The summed E-state index contributed by atoms with van der Waals surface area (Å²) in [5, 5.41) is 0.509. The highest BCUT2D eigenvalue weighted by atomic mass is 35.5. The van der Waals surface area contributed by atoms with Crippen LogP contribution in [0.2, 0.25) is 5.02 Å². The summed E-state index contributed by atoms with van der Waals surface area (Å²) in [4.78, 5) is 0. The first-order valence-electron chi connectivity index (χ1n) is 8.20. The number of benzene rings is 2. The van der Waals surface area contributed by atoms with E-state index < -0.39 is 18.3 Å². The maximum absolute atomic E-state index is 13.2. The SMILES string of the molecule is CC1(C)OB(c2ccc(OCc3cccc(F)c3)cc2Cl)OC1(C)C. The molecule has 1 heterocycles. The molecule has 132 valence electrons. The zero-order valence-corrected chi connectivity index (χ0v) is 15.6. The highest BCUT2D eigenvalue weighted by Crippen LogP contribution is 2.37. The van der Waals surface area contributed by atoms with Crippen molar-refractivity contribution < 1.29 is 18.4 Å². The molecule has 0 unspecified atom stereocenters. The molecule has 0 aliphatic carbocycles. The zero-order chi connectivity index (χ0) is 18.2. The molecule has 6 heteroatoms. The largest absolute Gasteiger partial charge is 0.496 e. The van der Waals surface area contributed by atoms with Gasteiger partial charge in [-0.1, -0.05) is 29.8 Å². The van der Waals surface area contributed by atoms with Crippen molar-refractivity contribution in [2.75, 3.05) is 0 Å². The van der Waals surface area contributed by atoms with Gasteiger partial charge in [-0.25, -0.2) is 4.39 Å². The van der Waals surface area contributed by atoms with Gasteiger partial charge in [-0.05, 0) is 57.5 Å². The summed E-state index contributed by atoms with van der Waals surface area (Å²) in [5.74, 6) is 0.324. The molecule has 1 aliphatic heterocycles. The molecule has 0 aromatic heterocycles. The van der Waals surface area contributed by atoms with Crippen LogP contribution in [0, 0.1) is 5.82 Å². The lowest BCUT2D eigenvalue weighted by molar-refractivity contribution is 0.00578. The maximum atomic E-state index is 13.2. The van der Waals surface area contributed by atoms with Gasteiger partial charge < -0.3 is 14.0 Å². The van der Waals surface area contributed by atoms with Crippen LogP contribution in [0.5, 0.6) is 5.75 Å². The third-order valence-corrected chi connectivity index (χ3v) is 5.10. The third kappa shape index (κ3) is 3.84. The molecule has 3 nitrogen and oxygen atoms in total. The lowest BCUT2D eigenvalue weighted by Gasteiger charge is -2.32. The Morgan fingerprint density at radius 1 is 1.04 bits per heavy atom. The molecule has 2 aromatic rings. The van der Waals surface area contributed by atoms with Gasteiger partial charge in [-0.15, -0.1) is 0 Å². The molecule has 0 amide bonds. The Labute approximate surface area is 153 Å². The number of rotatable bonds is 4. The fourth-order valence-corrected chi connectivity index (χ4v) is 2.81. The average Bonchev–Trinajstić information content (AvgIpc) is 2.73. The molecule has 25 heavy (non-hydrogen) atoms. The van der Waals surface area contributed by atoms with E-state index in [-0.39, 0.29) is 12.4 Å². The van der Waals surface area contributed by atoms with Crippen LogP contribution in [0.15, 0.2) is 42.5 Å². The molecule has 1 aliphatic rings. The van der Waals surface area contributed by atoms with E-state index in [1.54, 1.807) is 12.1 Å². The second-order valence-corrected chi connectivity index (χ2v) is 7.60. The Hall–Kier alpha value is -1.56. The fraction of sp³-hybridized carbons (Fsp3) is 0.368. The predicted octanol–water partition coefficient (Wildman–Crippen LogP) is 4.36. The van der Waals surface area contributed by atoms with Crippen LogP contribution < -0.4 is 10.2 Å². The van der Waals surface area contributed by atoms with Crippen molar-refractivity contribution in [3.63, 3.8) is 0 Å². The predicted molar refractivity (Wildman–Crippen MR) is 97.9 cm³/mol. The smallest absolute Gasteiger partial charge is 0.489 e. The molecule has 0 saturated carbocycles. The van der Waals surface area contributed by atoms with Gasteiger partial charge in [-0.2, -0.15) is 0 Å². The molecule has 1 saturated heterocycles. The van der Waals surface area contributed by atoms with Crippen molar-refractivity contribution in [1.82, 2.24) is 0 Å². The van der Waals surface area contributed by atoms with Crippen molar-refractivity contribution in [1.29, 1.82) is 0 Å². The molecule has 0 radical (unpaired) electrons. The lowest BCUT2D eigenvalue weighted by atomic mass is 9.79. The summed E-state index contributed by atoms with van der Waals surface area (Å²) < 4.78 is 30.9. The first-order chi connectivity index (χ1) is 11.7. The van der Waals surface area contributed by atoms with Crippen molar-refractivity contribution in [2.45, 2.75) is 45.5 Å². The molecule has 0 bridgehead atoms. The van der Waals surface area contributed by atoms with Gasteiger partial charge in [0.25, 0.3) is 0 Å². The molecule has 0 atom stereocenters. The first kappa shape index (κ1) is 18.2. The third-order valence-electron chi connectivity index (χ3n) is 4.77. The van der Waals surface area contributed by atoms with Gasteiger partial charge >= 0.3 is 7.12 Å². The quantitative estimate of drug-likeness (QED) is 0.757. The second kappa shape index (κ2) is 6.63. The van der Waals surface area contributed by atoms with Gasteiger partial charge in [0.2, 0.25) is 0 Å². The van der Waals surface area contributed by atoms with Gasteiger partial charge in [0.05, 0.1) is 11.2 Å². The molecule has 3 rings (SSSR count). The standard InChI is InChI=1S/C19H21BClFO3/c1-18(2)19(3,4)25-20(24-18)16-9-8-15(11-17(16)21)23-12-13-6-5-7-14(22)10-13/h5-11H,12H2,1-4H3. The maximum Gasteiger partial charge on any atom is 0.496 e. The van der Waals surface area contributed by atoms with Crippen LogP contribution in [0.25, 0.3) is 0 Å². The number of hydrogen-bond donors (Lipinski definition) is 0. The Kier molecular flexibility index (Phi) is 4.84. The Bertz CT molecular complexity index is 763. The van der Waals surface area contributed by atoms with Crippen LogP contribution in [-0.2, 0) is 15.9 Å². The summed E-state index contributed by atoms with van der Waals surface area (Å²) in [6.45, 7) is 8.26. The Balaban J connectivity index is 1.71. The topological polar surface area (TPSA) is 27.7 Å². The summed E-state index contributed by atoms with van der Waals surface area (Å²) in [6, 6.07) is 11.7. The summed E-state index contributed by atoms with van der Waals surface area (Å²) in [5.41, 5.74) is 0.672. The molecular formula is C19H21BClFO3. The minimum atomic E-state index is -0.519. The minimum absolute atomic E-state index is 0.268. The molecule has 0 N–H and O–H groups in total. The van der Waals surface area contributed by atoms with E-state index in [2.05, 4.69) is 0 Å².